The van der Waals surface area contributed by atoms with Gasteiger partial charge in [0.1, 0.15) is 23.0 Å². The van der Waals surface area contributed by atoms with Crippen LogP contribution in [0.1, 0.15) is 18.4 Å². The van der Waals surface area contributed by atoms with Gasteiger partial charge in [0.2, 0.25) is 0 Å². The Bertz CT molecular complexity index is 1370. The highest BCUT2D eigenvalue weighted by molar-refractivity contribution is 7.92. The van der Waals surface area contributed by atoms with Crippen LogP contribution < -0.4 is 15.4 Å². The number of likely N-dealkylation sites (tertiary alicyclic amines) is 1. The minimum absolute atomic E-state index is 0.125. The van der Waals surface area contributed by atoms with Crippen molar-refractivity contribution in [2.45, 2.75) is 35.8 Å². The highest BCUT2D eigenvalue weighted by atomic mass is 35.5. The molecule has 3 aromatic rings. The summed E-state index contributed by atoms with van der Waals surface area (Å²) in [6.07, 6.45) is 5.71. The Hall–Kier alpha value is -3.47. The van der Waals surface area contributed by atoms with E-state index in [4.69, 9.17) is 16.3 Å². The maximum atomic E-state index is 13.4. The molecule has 2 N–H and O–H groups in total. The number of nitrogens with zero attached hydrogens (tertiary/aromatic N) is 2. The molecule has 1 atom stereocenters. The number of halogens is 2. The lowest BCUT2D eigenvalue weighted by atomic mass is 10.1. The molecule has 4 rings (SSSR count). The van der Waals surface area contributed by atoms with Gasteiger partial charge < -0.3 is 15.4 Å². The van der Waals surface area contributed by atoms with Crippen molar-refractivity contribution in [2.75, 3.05) is 18.4 Å². The summed E-state index contributed by atoms with van der Waals surface area (Å²) in [6, 6.07) is 13.2. The van der Waals surface area contributed by atoms with Crippen LogP contribution in [0.5, 0.6) is 5.75 Å². The van der Waals surface area contributed by atoms with Crippen LogP contribution in [0, 0.1) is 5.82 Å². The lowest BCUT2D eigenvalue weighted by Gasteiger charge is -2.36. The van der Waals surface area contributed by atoms with E-state index in [2.05, 4.69) is 22.2 Å². The smallest absolute Gasteiger partial charge is 0.319 e. The summed E-state index contributed by atoms with van der Waals surface area (Å²) in [6.45, 7) is 5.01. The third-order valence-electron chi connectivity index (χ3n) is 6.16. The van der Waals surface area contributed by atoms with Crippen LogP contribution in [0.15, 0.2) is 84.5 Å². The molecule has 0 radical (unpaired) electrons. The maximum Gasteiger partial charge on any atom is 0.319 e. The standard InChI is InChI=1S/C27H28ClFN4O4S/c1-2-26(33-14-11-22(12-15-33)37-25-10-5-20(29)16-24(25)28)38(35,36)23-8-6-21(7-9-23)32-27(34)31-18-19-4-3-13-30-17-19/h2-10,13,16-17,22,26H,1,11-12,14-15,18H2,(H2,31,32,34). The monoisotopic (exact) mass is 558 g/mol. The number of carbonyl (C=O) groups excluding carboxylic acids is 1. The molecule has 0 spiro atoms. The molecule has 1 aliphatic rings. The summed E-state index contributed by atoms with van der Waals surface area (Å²) in [5.74, 6) is -0.0389. The number of hydrogen-bond donors (Lipinski definition) is 2. The molecule has 2 aromatic carbocycles. The molecular formula is C27H28ClFN4O4S. The molecule has 0 saturated carbocycles. The quantitative estimate of drug-likeness (QED) is 0.357. The van der Waals surface area contributed by atoms with Gasteiger partial charge in [-0.3, -0.25) is 9.88 Å². The zero-order valence-electron chi connectivity index (χ0n) is 20.5. The van der Waals surface area contributed by atoms with E-state index >= 15 is 0 Å². The first-order chi connectivity index (χ1) is 18.3. The van der Waals surface area contributed by atoms with Crippen molar-refractivity contribution in [3.05, 3.63) is 96.0 Å². The zero-order chi connectivity index (χ0) is 27.1. The number of aromatic nitrogens is 1. The summed E-state index contributed by atoms with van der Waals surface area (Å²) in [7, 11) is -3.76. The van der Waals surface area contributed by atoms with E-state index in [-0.39, 0.29) is 16.0 Å². The van der Waals surface area contributed by atoms with Gasteiger partial charge in [-0.25, -0.2) is 17.6 Å². The third-order valence-corrected chi connectivity index (χ3v) is 8.51. The molecule has 0 aliphatic carbocycles. The average Bonchev–Trinajstić information content (AvgIpc) is 2.91. The Morgan fingerprint density at radius 2 is 1.95 bits per heavy atom. The number of piperidine rings is 1. The van der Waals surface area contributed by atoms with Crippen LogP contribution >= 0.6 is 11.6 Å². The molecule has 1 aromatic heterocycles. The number of rotatable bonds is 9. The molecule has 1 fully saturated rings. The molecular weight excluding hydrogens is 531 g/mol. The van der Waals surface area contributed by atoms with E-state index < -0.39 is 27.1 Å². The first-order valence-corrected chi connectivity index (χ1v) is 13.9. The van der Waals surface area contributed by atoms with E-state index in [1.807, 2.05) is 11.0 Å². The SMILES string of the molecule is C=CC(N1CCC(Oc2ccc(F)cc2Cl)CC1)S(=O)(=O)c1ccc(NC(=O)NCc2cccnc2)cc1. The summed E-state index contributed by atoms with van der Waals surface area (Å²) in [5, 5.41) is 4.69. The fraction of sp³-hybridized carbons (Fsp3) is 0.259. The molecule has 2 amide bonds. The Kier molecular flexibility index (Phi) is 8.98. The van der Waals surface area contributed by atoms with Crippen molar-refractivity contribution in [2.24, 2.45) is 0 Å². The van der Waals surface area contributed by atoms with Gasteiger partial charge in [0.25, 0.3) is 0 Å². The minimum atomic E-state index is -3.76. The predicted molar refractivity (Wildman–Crippen MR) is 144 cm³/mol. The number of amides is 2. The van der Waals surface area contributed by atoms with Crippen LogP contribution in [-0.2, 0) is 16.4 Å². The first-order valence-electron chi connectivity index (χ1n) is 12.0. The van der Waals surface area contributed by atoms with Crippen LogP contribution in [0.2, 0.25) is 5.02 Å². The van der Waals surface area contributed by atoms with Gasteiger partial charge in [-0.1, -0.05) is 23.7 Å². The zero-order valence-corrected chi connectivity index (χ0v) is 22.1. The number of pyridine rings is 1. The first kappa shape index (κ1) is 27.6. The van der Waals surface area contributed by atoms with Crippen molar-refractivity contribution < 1.29 is 22.3 Å². The second-order valence-electron chi connectivity index (χ2n) is 8.79. The Balaban J connectivity index is 1.33. The molecule has 0 bridgehead atoms. The van der Waals surface area contributed by atoms with E-state index in [1.54, 1.807) is 30.6 Å². The lowest BCUT2D eigenvalue weighted by Crippen LogP contribution is -2.46. The Morgan fingerprint density at radius 1 is 1.21 bits per heavy atom. The Morgan fingerprint density at radius 3 is 2.58 bits per heavy atom. The maximum absolute atomic E-state index is 13.4. The highest BCUT2D eigenvalue weighted by Gasteiger charge is 2.33. The molecule has 1 unspecified atom stereocenters. The van der Waals surface area contributed by atoms with Gasteiger partial charge in [0.05, 0.1) is 9.92 Å². The number of carbonyl (C=O) groups is 1. The molecule has 8 nitrogen and oxygen atoms in total. The number of anilines is 1. The van der Waals surface area contributed by atoms with Crippen LogP contribution in [0.25, 0.3) is 0 Å². The van der Waals surface area contributed by atoms with Gasteiger partial charge in [-0.2, -0.15) is 0 Å². The van der Waals surface area contributed by atoms with Gasteiger partial charge in [0.15, 0.2) is 9.84 Å². The van der Waals surface area contributed by atoms with Gasteiger partial charge in [-0.05, 0) is 66.9 Å². The average molecular weight is 559 g/mol. The number of nitrogens with one attached hydrogen (secondary N) is 2. The highest BCUT2D eigenvalue weighted by Crippen LogP contribution is 2.30. The molecule has 11 heteroatoms. The number of ether oxygens (including phenoxy) is 1. The second-order valence-corrected chi connectivity index (χ2v) is 11.2. The van der Waals surface area contributed by atoms with Crippen LogP contribution in [0.4, 0.5) is 14.9 Å². The van der Waals surface area contributed by atoms with Gasteiger partial charge >= 0.3 is 6.03 Å². The summed E-state index contributed by atoms with van der Waals surface area (Å²) < 4.78 is 46.0. The second kappa shape index (κ2) is 12.4. The van der Waals surface area contributed by atoms with E-state index in [0.29, 0.717) is 43.9 Å². The topological polar surface area (TPSA) is 101 Å². The van der Waals surface area contributed by atoms with Crippen molar-refractivity contribution in [1.29, 1.82) is 0 Å². The van der Waals surface area contributed by atoms with Crippen molar-refractivity contribution >= 4 is 33.2 Å². The molecule has 38 heavy (non-hydrogen) atoms. The van der Waals surface area contributed by atoms with E-state index in [9.17, 15) is 17.6 Å². The molecule has 1 saturated heterocycles. The number of hydrogen-bond acceptors (Lipinski definition) is 6. The number of sulfone groups is 1. The predicted octanol–water partition coefficient (Wildman–Crippen LogP) is 5.03. The van der Waals surface area contributed by atoms with Crippen LogP contribution in [0.3, 0.4) is 0 Å². The summed E-state index contributed by atoms with van der Waals surface area (Å²) >= 11 is 6.06. The van der Waals surface area contributed by atoms with E-state index in [0.717, 1.165) is 5.56 Å². The normalized spacial score (nSPS) is 15.4. The summed E-state index contributed by atoms with van der Waals surface area (Å²) in [5.41, 5.74) is 1.31. The van der Waals surface area contributed by atoms with E-state index in [1.165, 1.54) is 36.4 Å². The number of benzene rings is 2. The fourth-order valence-corrected chi connectivity index (χ4v) is 6.06. The van der Waals surface area contributed by atoms with Gasteiger partial charge in [-0.15, -0.1) is 6.58 Å². The van der Waals surface area contributed by atoms with Crippen molar-refractivity contribution in [3.63, 3.8) is 0 Å². The third kappa shape index (κ3) is 6.89. The van der Waals surface area contributed by atoms with Crippen LogP contribution in [-0.4, -0.2) is 48.9 Å². The molecule has 200 valence electrons. The molecule has 2 heterocycles. The fourth-order valence-electron chi connectivity index (χ4n) is 4.20. The minimum Gasteiger partial charge on any atom is -0.489 e. The molecule has 1 aliphatic heterocycles. The van der Waals surface area contributed by atoms with Crippen molar-refractivity contribution in [3.8, 4) is 5.75 Å². The van der Waals surface area contributed by atoms with Crippen molar-refractivity contribution in [1.82, 2.24) is 15.2 Å². The Labute approximate surface area is 226 Å². The lowest BCUT2D eigenvalue weighted by molar-refractivity contribution is 0.100. The number of urea groups is 1. The largest absolute Gasteiger partial charge is 0.489 e. The summed E-state index contributed by atoms with van der Waals surface area (Å²) in [4.78, 5) is 18.2. The van der Waals surface area contributed by atoms with Gasteiger partial charge in [0, 0.05) is 37.7 Å².